The van der Waals surface area contributed by atoms with Crippen LogP contribution in [0.3, 0.4) is 0 Å². The van der Waals surface area contributed by atoms with Crippen molar-refractivity contribution in [2.75, 3.05) is 12.4 Å². The summed E-state index contributed by atoms with van der Waals surface area (Å²) in [7, 11) is 1.55. The lowest BCUT2D eigenvalue weighted by Crippen LogP contribution is -2.06. The Kier molecular flexibility index (Phi) is 3.60. The van der Waals surface area contributed by atoms with Crippen LogP contribution in [0.1, 0.15) is 16.7 Å². The Labute approximate surface area is 130 Å². The van der Waals surface area contributed by atoms with Crippen LogP contribution in [0.2, 0.25) is 0 Å². The summed E-state index contributed by atoms with van der Waals surface area (Å²) >= 11 is 0. The van der Waals surface area contributed by atoms with Crippen LogP contribution in [-0.2, 0) is 11.0 Å². The van der Waals surface area contributed by atoms with Crippen molar-refractivity contribution in [3.8, 4) is 5.75 Å². The molecule has 23 heavy (non-hydrogen) atoms. The third kappa shape index (κ3) is 2.92. The molecule has 0 unspecified atom stereocenters. The minimum absolute atomic E-state index is 0.171. The summed E-state index contributed by atoms with van der Waals surface area (Å²) in [5, 5.41) is 2.47. The molecular formula is C17H12F3NO2. The van der Waals surface area contributed by atoms with E-state index in [0.29, 0.717) is 16.9 Å². The van der Waals surface area contributed by atoms with Gasteiger partial charge in [0, 0.05) is 16.8 Å². The van der Waals surface area contributed by atoms with E-state index in [9.17, 15) is 18.0 Å². The zero-order valence-electron chi connectivity index (χ0n) is 12.1. The van der Waals surface area contributed by atoms with Gasteiger partial charge in [0.05, 0.1) is 12.7 Å². The SMILES string of the molecule is COc1ccc(/C=C2\C(=O)Nc3cc(C(F)(F)F)ccc32)cc1. The van der Waals surface area contributed by atoms with Gasteiger partial charge in [0.2, 0.25) is 0 Å². The minimum Gasteiger partial charge on any atom is -0.497 e. The monoisotopic (exact) mass is 319 g/mol. The Balaban J connectivity index is 1.99. The summed E-state index contributed by atoms with van der Waals surface area (Å²) in [6, 6.07) is 10.2. The third-order valence-corrected chi connectivity index (χ3v) is 3.56. The third-order valence-electron chi connectivity index (χ3n) is 3.56. The number of amides is 1. The van der Waals surface area contributed by atoms with E-state index in [1.54, 1.807) is 37.5 Å². The number of rotatable bonds is 2. The van der Waals surface area contributed by atoms with Crippen molar-refractivity contribution in [1.82, 2.24) is 0 Å². The number of fused-ring (bicyclic) bond motifs is 1. The van der Waals surface area contributed by atoms with Crippen LogP contribution in [0.4, 0.5) is 18.9 Å². The highest BCUT2D eigenvalue weighted by Crippen LogP contribution is 2.38. The average molecular weight is 319 g/mol. The van der Waals surface area contributed by atoms with Crippen molar-refractivity contribution >= 4 is 23.2 Å². The van der Waals surface area contributed by atoms with Crippen LogP contribution in [-0.4, -0.2) is 13.0 Å². The number of carbonyl (C=O) groups is 1. The predicted octanol–water partition coefficient (Wildman–Crippen LogP) is 4.21. The highest BCUT2D eigenvalue weighted by molar-refractivity contribution is 6.34. The zero-order valence-corrected chi connectivity index (χ0v) is 12.1. The highest BCUT2D eigenvalue weighted by atomic mass is 19.4. The molecule has 0 aromatic heterocycles. The molecule has 1 heterocycles. The highest BCUT2D eigenvalue weighted by Gasteiger charge is 2.33. The summed E-state index contributed by atoms with van der Waals surface area (Å²) in [6.07, 6.45) is -2.81. The Morgan fingerprint density at radius 2 is 1.78 bits per heavy atom. The van der Waals surface area contributed by atoms with E-state index in [2.05, 4.69) is 5.32 Å². The molecule has 0 fully saturated rings. The van der Waals surface area contributed by atoms with E-state index in [1.807, 2.05) is 0 Å². The van der Waals surface area contributed by atoms with Crippen LogP contribution >= 0.6 is 0 Å². The van der Waals surface area contributed by atoms with E-state index in [-0.39, 0.29) is 5.69 Å². The molecule has 0 bridgehead atoms. The van der Waals surface area contributed by atoms with Gasteiger partial charge in [-0.15, -0.1) is 0 Å². The van der Waals surface area contributed by atoms with Gasteiger partial charge < -0.3 is 10.1 Å². The van der Waals surface area contributed by atoms with Gasteiger partial charge in [-0.2, -0.15) is 13.2 Å². The second-order valence-corrected chi connectivity index (χ2v) is 5.04. The fourth-order valence-corrected chi connectivity index (χ4v) is 2.38. The summed E-state index contributed by atoms with van der Waals surface area (Å²) in [5.74, 6) is 0.258. The number of hydrogen-bond acceptors (Lipinski definition) is 2. The summed E-state index contributed by atoms with van der Waals surface area (Å²) < 4.78 is 43.2. The molecule has 0 saturated heterocycles. The Morgan fingerprint density at radius 1 is 1.09 bits per heavy atom. The van der Waals surface area contributed by atoms with Crippen LogP contribution < -0.4 is 10.1 Å². The number of methoxy groups -OCH3 is 1. The van der Waals surface area contributed by atoms with Gasteiger partial charge in [0.25, 0.3) is 5.91 Å². The number of nitrogens with one attached hydrogen (secondary N) is 1. The molecule has 0 atom stereocenters. The molecular weight excluding hydrogens is 307 g/mol. The molecule has 1 aliphatic heterocycles. The number of benzene rings is 2. The van der Waals surface area contributed by atoms with Crippen molar-refractivity contribution in [3.63, 3.8) is 0 Å². The maximum Gasteiger partial charge on any atom is 0.416 e. The second-order valence-electron chi connectivity index (χ2n) is 5.04. The molecule has 0 radical (unpaired) electrons. The number of ether oxygens (including phenoxy) is 1. The maximum absolute atomic E-state index is 12.7. The Bertz CT molecular complexity index is 792. The molecule has 2 aromatic carbocycles. The van der Waals surface area contributed by atoms with Crippen LogP contribution in [0.15, 0.2) is 42.5 Å². The van der Waals surface area contributed by atoms with E-state index in [4.69, 9.17) is 4.74 Å². The first-order valence-electron chi connectivity index (χ1n) is 6.77. The van der Waals surface area contributed by atoms with Crippen molar-refractivity contribution < 1.29 is 22.7 Å². The minimum atomic E-state index is -4.44. The van der Waals surface area contributed by atoms with Gasteiger partial charge in [-0.25, -0.2) is 0 Å². The first-order chi connectivity index (χ1) is 10.9. The molecule has 0 spiro atoms. The first kappa shape index (κ1) is 15.1. The number of carbonyl (C=O) groups excluding carboxylic acids is 1. The molecule has 1 amide bonds. The Morgan fingerprint density at radius 3 is 2.39 bits per heavy atom. The molecule has 6 heteroatoms. The predicted molar refractivity (Wildman–Crippen MR) is 80.9 cm³/mol. The lowest BCUT2D eigenvalue weighted by atomic mass is 10.0. The zero-order chi connectivity index (χ0) is 16.6. The summed E-state index contributed by atoms with van der Waals surface area (Å²) in [6.45, 7) is 0. The topological polar surface area (TPSA) is 38.3 Å². The van der Waals surface area contributed by atoms with Crippen molar-refractivity contribution in [2.45, 2.75) is 6.18 Å². The maximum atomic E-state index is 12.7. The Hall–Kier alpha value is -2.76. The smallest absolute Gasteiger partial charge is 0.416 e. The quantitative estimate of drug-likeness (QED) is 0.842. The largest absolute Gasteiger partial charge is 0.497 e. The van der Waals surface area contributed by atoms with Gasteiger partial charge in [0.1, 0.15) is 5.75 Å². The van der Waals surface area contributed by atoms with Crippen molar-refractivity contribution in [2.24, 2.45) is 0 Å². The van der Waals surface area contributed by atoms with Crippen LogP contribution in [0.5, 0.6) is 5.75 Å². The molecule has 3 nitrogen and oxygen atoms in total. The number of anilines is 1. The first-order valence-corrected chi connectivity index (χ1v) is 6.77. The molecule has 0 saturated carbocycles. The fourth-order valence-electron chi connectivity index (χ4n) is 2.38. The molecule has 118 valence electrons. The molecule has 1 N–H and O–H groups in total. The number of alkyl halides is 3. The number of hydrogen-bond donors (Lipinski definition) is 1. The molecule has 3 rings (SSSR count). The standard InChI is InChI=1S/C17H12F3NO2/c1-23-12-5-2-10(3-6-12)8-14-13-7-4-11(17(18,19)20)9-15(13)21-16(14)22/h2-9H,1H3,(H,21,22)/b14-8-. The summed E-state index contributed by atoms with van der Waals surface area (Å²) in [4.78, 5) is 12.0. The second kappa shape index (κ2) is 5.46. The van der Waals surface area contributed by atoms with Gasteiger partial charge in [-0.3, -0.25) is 4.79 Å². The lowest BCUT2D eigenvalue weighted by Gasteiger charge is -2.08. The van der Waals surface area contributed by atoms with E-state index < -0.39 is 17.6 Å². The van der Waals surface area contributed by atoms with E-state index in [0.717, 1.165) is 17.7 Å². The van der Waals surface area contributed by atoms with Gasteiger partial charge >= 0.3 is 6.18 Å². The van der Waals surface area contributed by atoms with Crippen molar-refractivity contribution in [3.05, 3.63) is 59.2 Å². The molecule has 1 aliphatic rings. The van der Waals surface area contributed by atoms with Crippen LogP contribution in [0.25, 0.3) is 11.6 Å². The van der Waals surface area contributed by atoms with Gasteiger partial charge in [-0.1, -0.05) is 18.2 Å². The average Bonchev–Trinajstić information content (AvgIpc) is 2.82. The van der Waals surface area contributed by atoms with Crippen molar-refractivity contribution in [1.29, 1.82) is 0 Å². The normalized spacial score (nSPS) is 15.5. The van der Waals surface area contributed by atoms with Gasteiger partial charge in [-0.05, 0) is 35.9 Å². The van der Waals surface area contributed by atoms with E-state index in [1.165, 1.54) is 6.07 Å². The van der Waals surface area contributed by atoms with Crippen LogP contribution in [0, 0.1) is 0 Å². The molecule has 0 aliphatic carbocycles. The molecule has 2 aromatic rings. The van der Waals surface area contributed by atoms with E-state index >= 15 is 0 Å². The summed E-state index contributed by atoms with van der Waals surface area (Å²) in [5.41, 5.74) is 0.924. The van der Waals surface area contributed by atoms with Gasteiger partial charge in [0.15, 0.2) is 0 Å². The number of halogens is 3. The fraction of sp³-hybridized carbons (Fsp3) is 0.118. The lowest BCUT2D eigenvalue weighted by molar-refractivity contribution is -0.137.